The van der Waals surface area contributed by atoms with E-state index < -0.39 is 0 Å². The van der Waals surface area contributed by atoms with Gasteiger partial charge in [-0.05, 0) is 42.0 Å². The van der Waals surface area contributed by atoms with E-state index in [0.29, 0.717) is 6.42 Å². The van der Waals surface area contributed by atoms with Crippen molar-refractivity contribution in [1.82, 2.24) is 0 Å². The third kappa shape index (κ3) is 8.45. The van der Waals surface area contributed by atoms with Crippen molar-refractivity contribution in [2.45, 2.75) is 60.3 Å². The quantitative estimate of drug-likeness (QED) is 0.342. The van der Waals surface area contributed by atoms with Crippen molar-refractivity contribution in [1.29, 1.82) is 0 Å². The molecule has 3 heteroatoms. The molecule has 0 spiro atoms. The lowest BCUT2D eigenvalue weighted by molar-refractivity contribution is -0.114. The van der Waals surface area contributed by atoms with Gasteiger partial charge in [0.05, 0.1) is 0 Å². The van der Waals surface area contributed by atoms with E-state index in [0.717, 1.165) is 12.8 Å². The maximum Gasteiger partial charge on any atom is 0.169 e. The monoisotopic (exact) mass is 398 g/mol. The van der Waals surface area contributed by atoms with Gasteiger partial charge < -0.3 is 0 Å². The minimum atomic E-state index is 0.238. The number of ketones is 1. The molecule has 0 aromatic heterocycles. The Hall–Kier alpha value is -0.575. The van der Waals surface area contributed by atoms with Crippen molar-refractivity contribution in [2.24, 2.45) is 0 Å². The number of allylic oxidation sites excluding steroid dienone is 2. The van der Waals surface area contributed by atoms with Crippen molar-refractivity contribution in [3.05, 3.63) is 41.5 Å². The number of halogens is 1. The highest BCUT2D eigenvalue weighted by Crippen LogP contribution is 2.30. The summed E-state index contributed by atoms with van der Waals surface area (Å²) >= 11 is 1.65. The molecular weight excluding hydrogens is 370 g/mol. The van der Waals surface area contributed by atoms with Crippen LogP contribution in [0.2, 0.25) is 0 Å². The molecule has 0 saturated carbocycles. The van der Waals surface area contributed by atoms with Crippen LogP contribution in [0.15, 0.2) is 30.3 Å². The van der Waals surface area contributed by atoms with Crippen LogP contribution in [-0.2, 0) is 11.2 Å². The minimum Gasteiger partial charge on any atom is -0.295 e. The van der Waals surface area contributed by atoms with E-state index in [1.54, 1.807) is 22.4 Å². The van der Waals surface area contributed by atoms with E-state index in [4.69, 9.17) is 0 Å². The average molecular weight is 398 g/mol. The lowest BCUT2D eigenvalue weighted by Gasteiger charge is -2.18. The molecule has 1 aromatic carbocycles. The van der Waals surface area contributed by atoms with Gasteiger partial charge in [-0.3, -0.25) is 4.79 Å². The first kappa shape index (κ1) is 22.7. The molecule has 1 nitrogen and oxygen atoms in total. The summed E-state index contributed by atoms with van der Waals surface area (Å²) in [5.74, 6) is 0.238. The minimum absolute atomic E-state index is 0.238. The van der Waals surface area contributed by atoms with E-state index in [2.05, 4.69) is 30.0 Å². The number of carbonyl (C=O) groups excluding carboxylic acids is 1. The van der Waals surface area contributed by atoms with Crippen LogP contribution in [-0.4, -0.2) is 11.5 Å². The Kier molecular flexibility index (Phi) is 17.1. The van der Waals surface area contributed by atoms with Gasteiger partial charge in [-0.25, -0.2) is 0 Å². The van der Waals surface area contributed by atoms with E-state index in [-0.39, 0.29) is 5.78 Å². The Morgan fingerprint density at radius 1 is 1.14 bits per heavy atom. The van der Waals surface area contributed by atoms with Gasteiger partial charge in [0.2, 0.25) is 0 Å². The van der Waals surface area contributed by atoms with Crippen LogP contribution in [0, 0.1) is 0 Å². The molecule has 2 rings (SSSR count). The summed E-state index contributed by atoms with van der Waals surface area (Å²) in [5, 5.41) is 0. The summed E-state index contributed by atoms with van der Waals surface area (Å²) in [6, 6.07) is 8.42. The second-order valence-electron chi connectivity index (χ2n) is 4.00. The summed E-state index contributed by atoms with van der Waals surface area (Å²) in [6.45, 7) is 9.91. The van der Waals surface area contributed by atoms with E-state index >= 15 is 0 Å². The fourth-order valence-corrected chi connectivity index (χ4v) is 2.10. The molecule has 0 bridgehead atoms. The van der Waals surface area contributed by atoms with Gasteiger partial charge in [0.1, 0.15) is 0 Å². The van der Waals surface area contributed by atoms with Crippen LogP contribution in [0.3, 0.4) is 0 Å². The predicted octanol–water partition coefficient (Wildman–Crippen LogP) is 5.94. The van der Waals surface area contributed by atoms with Crippen LogP contribution in [0.4, 0.5) is 0 Å². The van der Waals surface area contributed by atoms with Crippen LogP contribution in [0.1, 0.15) is 65.0 Å². The highest BCUT2D eigenvalue weighted by atomic mass is 127. The predicted molar refractivity (Wildman–Crippen MR) is 105 cm³/mol. The Bertz CT molecular complexity index is 413. The van der Waals surface area contributed by atoms with Crippen LogP contribution >= 0.6 is 22.4 Å². The third-order valence-electron chi connectivity index (χ3n) is 2.94. The third-order valence-corrected chi connectivity index (χ3v) is 2.94. The molecule has 0 heterocycles. The number of rotatable bonds is 2. The SMILES string of the molecule is CC.CC.CCC(=O)C=C1CCCc2ccccc21.[B]I. The molecule has 0 amide bonds. The second kappa shape index (κ2) is 15.8. The second-order valence-corrected chi connectivity index (χ2v) is 4.00. The Balaban J connectivity index is 0. The number of carbonyl (C=O) groups is 1. The summed E-state index contributed by atoms with van der Waals surface area (Å²) in [6.07, 6.45) is 5.79. The Morgan fingerprint density at radius 2 is 1.71 bits per heavy atom. The number of benzene rings is 1. The summed E-state index contributed by atoms with van der Waals surface area (Å²) < 4.78 is 0. The fraction of sp³-hybridized carbons (Fsp3) is 0.500. The van der Waals surface area contributed by atoms with Crippen molar-refractivity contribution in [3.8, 4) is 0 Å². The van der Waals surface area contributed by atoms with Crippen molar-refractivity contribution in [2.75, 3.05) is 0 Å². The molecule has 116 valence electrons. The molecule has 1 aliphatic rings. The standard InChI is InChI=1S/C14H16O.2C2H6.BI/c1-2-13(15)10-12-8-5-7-11-6-3-4-9-14(11)12;3*1-2/h3-4,6,9-10H,2,5,7-8H2,1H3;2*1-2H3;. The normalized spacial score (nSPS) is 13.3. The molecule has 0 aliphatic heterocycles. The van der Waals surface area contributed by atoms with E-state index in [9.17, 15) is 4.79 Å². The lowest BCUT2D eigenvalue weighted by atomic mass is 9.87. The largest absolute Gasteiger partial charge is 0.295 e. The maximum atomic E-state index is 11.4. The molecular formula is C18H28BIO. The molecule has 1 aromatic rings. The Labute approximate surface area is 145 Å². The smallest absolute Gasteiger partial charge is 0.169 e. The zero-order valence-corrected chi connectivity index (χ0v) is 16.2. The highest BCUT2D eigenvalue weighted by molar-refractivity contribution is 14.1. The maximum absolute atomic E-state index is 11.4. The number of aryl methyl sites for hydroxylation is 1. The molecule has 0 unspecified atom stereocenters. The van der Waals surface area contributed by atoms with Crippen LogP contribution in [0.25, 0.3) is 5.57 Å². The first-order valence-electron chi connectivity index (χ1n) is 7.84. The van der Waals surface area contributed by atoms with Gasteiger partial charge in [0, 0.05) is 6.42 Å². The van der Waals surface area contributed by atoms with Gasteiger partial charge in [-0.15, -0.1) is 0 Å². The summed E-state index contributed by atoms with van der Waals surface area (Å²) in [4.78, 5) is 11.4. The Morgan fingerprint density at radius 3 is 2.29 bits per heavy atom. The summed E-state index contributed by atoms with van der Waals surface area (Å²) in [5.41, 5.74) is 8.37. The topological polar surface area (TPSA) is 17.1 Å². The fourth-order valence-electron chi connectivity index (χ4n) is 2.10. The molecule has 0 fully saturated rings. The molecule has 21 heavy (non-hydrogen) atoms. The number of hydrogen-bond donors (Lipinski definition) is 0. The lowest BCUT2D eigenvalue weighted by Crippen LogP contribution is -2.03. The molecule has 0 saturated heterocycles. The van der Waals surface area contributed by atoms with Gasteiger partial charge in [0.15, 0.2) is 11.5 Å². The number of hydrogen-bond acceptors (Lipinski definition) is 1. The molecule has 2 radical (unpaired) electrons. The molecule has 1 aliphatic carbocycles. The summed E-state index contributed by atoms with van der Waals surface area (Å²) in [7, 11) is 0. The zero-order valence-electron chi connectivity index (χ0n) is 14.1. The van der Waals surface area contributed by atoms with Crippen LogP contribution < -0.4 is 0 Å². The van der Waals surface area contributed by atoms with Crippen molar-refractivity contribution < 1.29 is 4.79 Å². The highest BCUT2D eigenvalue weighted by Gasteiger charge is 2.13. The zero-order chi connectivity index (χ0) is 16.7. The van der Waals surface area contributed by atoms with Crippen molar-refractivity contribution >= 4 is 39.4 Å². The number of fused-ring (bicyclic) bond motifs is 1. The van der Waals surface area contributed by atoms with Gasteiger partial charge in [-0.1, -0.05) is 58.9 Å². The van der Waals surface area contributed by atoms with Gasteiger partial charge >= 0.3 is 0 Å². The van der Waals surface area contributed by atoms with Gasteiger partial charge in [0.25, 0.3) is 0 Å². The van der Waals surface area contributed by atoms with E-state index in [1.807, 2.05) is 40.7 Å². The van der Waals surface area contributed by atoms with Gasteiger partial charge in [-0.2, -0.15) is 22.4 Å². The van der Waals surface area contributed by atoms with E-state index in [1.165, 1.54) is 23.1 Å². The first-order valence-corrected chi connectivity index (χ1v) is 9.09. The average Bonchev–Trinajstić information content (AvgIpc) is 2.60. The molecule has 0 N–H and O–H groups in total. The van der Waals surface area contributed by atoms with Crippen LogP contribution in [0.5, 0.6) is 0 Å². The first-order chi connectivity index (χ1) is 10.3. The van der Waals surface area contributed by atoms with Crippen molar-refractivity contribution in [3.63, 3.8) is 0 Å². The molecule has 0 atom stereocenters.